The van der Waals surface area contributed by atoms with Gasteiger partial charge in [0, 0.05) is 17.1 Å². The fraction of sp³-hybridized carbons (Fsp3) is 0.421. The summed E-state index contributed by atoms with van der Waals surface area (Å²) in [6.45, 7) is 4.90. The summed E-state index contributed by atoms with van der Waals surface area (Å²) in [6, 6.07) is 7.39. The van der Waals surface area contributed by atoms with Crippen LogP contribution in [0.5, 0.6) is 0 Å². The molecule has 0 unspecified atom stereocenters. The molecule has 0 radical (unpaired) electrons. The average molecular weight is 391 g/mol. The van der Waals surface area contributed by atoms with Crippen molar-refractivity contribution in [3.8, 4) is 0 Å². The number of carbonyl (C=O) groups excluding carboxylic acids is 2. The van der Waals surface area contributed by atoms with Crippen LogP contribution in [-0.4, -0.2) is 41.8 Å². The molecule has 2 amide bonds. The molecule has 0 fully saturated rings. The topological polar surface area (TPSA) is 84.7 Å². The monoisotopic (exact) mass is 391 g/mol. The molecule has 2 aromatic rings. The predicted octanol–water partition coefficient (Wildman–Crippen LogP) is 4.26. The van der Waals surface area contributed by atoms with E-state index in [4.69, 9.17) is 4.42 Å². The summed E-state index contributed by atoms with van der Waals surface area (Å²) in [5.74, 6) is 0.153. The lowest BCUT2D eigenvalue weighted by molar-refractivity contribution is 0.0594. The maximum absolute atomic E-state index is 12.7. The number of nitrogens with one attached hydrogen (secondary N) is 1. The van der Waals surface area contributed by atoms with Crippen molar-refractivity contribution < 1.29 is 18.7 Å². The minimum Gasteiger partial charge on any atom is -0.464 e. The fourth-order valence-electron chi connectivity index (χ4n) is 2.29. The maximum Gasteiger partial charge on any atom is 0.360 e. The summed E-state index contributed by atoms with van der Waals surface area (Å²) in [7, 11) is 1.28. The van der Waals surface area contributed by atoms with E-state index in [1.807, 2.05) is 30.5 Å². The van der Waals surface area contributed by atoms with Gasteiger partial charge in [-0.05, 0) is 42.9 Å². The van der Waals surface area contributed by atoms with Gasteiger partial charge in [0.05, 0.1) is 13.7 Å². The summed E-state index contributed by atoms with van der Waals surface area (Å²) in [5, 5.41) is 2.89. The number of amides is 2. The van der Waals surface area contributed by atoms with E-state index in [2.05, 4.69) is 28.9 Å². The van der Waals surface area contributed by atoms with Crippen LogP contribution in [0.1, 0.15) is 36.6 Å². The van der Waals surface area contributed by atoms with Crippen LogP contribution in [0.4, 0.5) is 10.5 Å². The highest BCUT2D eigenvalue weighted by Gasteiger charge is 2.19. The molecule has 27 heavy (non-hydrogen) atoms. The van der Waals surface area contributed by atoms with Gasteiger partial charge in [0.15, 0.2) is 5.69 Å². The second kappa shape index (κ2) is 10.0. The molecule has 0 saturated carbocycles. The van der Waals surface area contributed by atoms with E-state index < -0.39 is 5.97 Å². The first-order valence-corrected chi connectivity index (χ1v) is 9.88. The molecule has 7 nitrogen and oxygen atoms in total. The Morgan fingerprint density at radius 3 is 2.59 bits per heavy atom. The Hall–Kier alpha value is -2.48. The molecule has 1 N–H and O–H groups in total. The number of anilines is 1. The molecule has 2 rings (SSSR count). The third-order valence-electron chi connectivity index (χ3n) is 3.88. The first kappa shape index (κ1) is 20.8. The molecule has 1 heterocycles. The summed E-state index contributed by atoms with van der Waals surface area (Å²) < 4.78 is 9.94. The van der Waals surface area contributed by atoms with Crippen molar-refractivity contribution >= 4 is 29.4 Å². The Balaban J connectivity index is 2.08. The van der Waals surface area contributed by atoms with Crippen LogP contribution in [0.25, 0.3) is 0 Å². The zero-order valence-electron chi connectivity index (χ0n) is 16.0. The number of hydrogen-bond donors (Lipinski definition) is 1. The second-order valence-electron chi connectivity index (χ2n) is 6.38. The quantitative estimate of drug-likeness (QED) is 0.534. The van der Waals surface area contributed by atoms with Crippen molar-refractivity contribution in [3.63, 3.8) is 0 Å². The van der Waals surface area contributed by atoms with E-state index >= 15 is 0 Å². The molecular weight excluding hydrogens is 366 g/mol. The van der Waals surface area contributed by atoms with E-state index in [0.29, 0.717) is 12.5 Å². The fourth-order valence-corrected chi connectivity index (χ4v) is 2.70. The molecule has 0 aliphatic rings. The largest absolute Gasteiger partial charge is 0.464 e. The van der Waals surface area contributed by atoms with E-state index in [1.54, 1.807) is 16.7 Å². The molecule has 0 saturated heterocycles. The zero-order chi connectivity index (χ0) is 19.8. The van der Waals surface area contributed by atoms with Crippen molar-refractivity contribution in [1.29, 1.82) is 0 Å². The minimum atomic E-state index is -0.572. The number of methoxy groups -OCH3 is 1. The van der Waals surface area contributed by atoms with Crippen molar-refractivity contribution in [3.05, 3.63) is 42.1 Å². The van der Waals surface area contributed by atoms with Crippen molar-refractivity contribution in [2.75, 3.05) is 25.2 Å². The maximum atomic E-state index is 12.7. The van der Waals surface area contributed by atoms with Crippen LogP contribution in [-0.2, 0) is 11.3 Å². The van der Waals surface area contributed by atoms with E-state index in [9.17, 15) is 9.59 Å². The summed E-state index contributed by atoms with van der Waals surface area (Å²) >= 11 is 1.64. The summed E-state index contributed by atoms with van der Waals surface area (Å²) in [4.78, 5) is 31.1. The van der Waals surface area contributed by atoms with Gasteiger partial charge in [-0.1, -0.05) is 13.8 Å². The van der Waals surface area contributed by atoms with Gasteiger partial charge < -0.3 is 19.4 Å². The lowest BCUT2D eigenvalue weighted by Gasteiger charge is -2.22. The molecule has 0 atom stereocenters. The molecule has 0 aliphatic carbocycles. The Morgan fingerprint density at radius 2 is 2.00 bits per heavy atom. The number of carbonyl (C=O) groups is 2. The number of oxazole rings is 1. The number of urea groups is 1. The van der Waals surface area contributed by atoms with Crippen LogP contribution < -0.4 is 5.32 Å². The molecule has 0 bridgehead atoms. The Kier molecular flexibility index (Phi) is 7.72. The highest BCUT2D eigenvalue weighted by Crippen LogP contribution is 2.18. The second-order valence-corrected chi connectivity index (χ2v) is 7.26. The van der Waals surface area contributed by atoms with Crippen molar-refractivity contribution in [2.45, 2.75) is 31.7 Å². The zero-order valence-corrected chi connectivity index (χ0v) is 16.8. The van der Waals surface area contributed by atoms with Crippen molar-refractivity contribution in [1.82, 2.24) is 9.88 Å². The third-order valence-corrected chi connectivity index (χ3v) is 4.62. The highest BCUT2D eigenvalue weighted by atomic mass is 32.2. The van der Waals surface area contributed by atoms with Gasteiger partial charge in [-0.3, -0.25) is 0 Å². The Bertz CT molecular complexity index is 759. The lowest BCUT2D eigenvalue weighted by Crippen LogP contribution is -2.36. The lowest BCUT2D eigenvalue weighted by atomic mass is 10.1. The molecule has 146 valence electrons. The van der Waals surface area contributed by atoms with Crippen LogP contribution in [0.15, 0.2) is 39.8 Å². The number of rotatable bonds is 8. The number of nitrogens with zero attached hydrogens (tertiary/aromatic N) is 2. The Morgan fingerprint density at radius 1 is 1.30 bits per heavy atom. The van der Waals surface area contributed by atoms with Crippen LogP contribution in [0.3, 0.4) is 0 Å². The predicted molar refractivity (Wildman–Crippen MR) is 105 cm³/mol. The van der Waals surface area contributed by atoms with E-state index in [-0.39, 0.29) is 24.2 Å². The number of benzene rings is 1. The first-order valence-electron chi connectivity index (χ1n) is 8.65. The highest BCUT2D eigenvalue weighted by molar-refractivity contribution is 7.98. The molecular formula is C19H25N3O4S. The van der Waals surface area contributed by atoms with Crippen LogP contribution >= 0.6 is 11.8 Å². The average Bonchev–Trinajstić information content (AvgIpc) is 3.13. The summed E-state index contributed by atoms with van der Waals surface area (Å²) in [5.41, 5.74) is 0.805. The van der Waals surface area contributed by atoms with Gasteiger partial charge in [0.25, 0.3) is 0 Å². The van der Waals surface area contributed by atoms with Gasteiger partial charge in [0.1, 0.15) is 6.26 Å². The summed E-state index contributed by atoms with van der Waals surface area (Å²) in [6.07, 6.45) is 4.07. The van der Waals surface area contributed by atoms with Crippen LogP contribution in [0, 0.1) is 5.92 Å². The number of esters is 1. The van der Waals surface area contributed by atoms with E-state index in [0.717, 1.165) is 17.0 Å². The molecule has 1 aromatic heterocycles. The number of hydrogen-bond acceptors (Lipinski definition) is 6. The molecule has 1 aromatic carbocycles. The SMILES string of the molecule is COC(=O)c1coc(CN(CCC(C)C)C(=O)Nc2ccc(SC)cc2)n1. The van der Waals surface area contributed by atoms with Crippen LogP contribution in [0.2, 0.25) is 0 Å². The first-order chi connectivity index (χ1) is 12.9. The van der Waals surface area contributed by atoms with E-state index in [1.165, 1.54) is 13.4 Å². The van der Waals surface area contributed by atoms with Gasteiger partial charge >= 0.3 is 12.0 Å². The normalized spacial score (nSPS) is 10.7. The number of ether oxygens (including phenoxy) is 1. The Labute approximate surface area is 163 Å². The molecule has 0 spiro atoms. The minimum absolute atomic E-state index is 0.0874. The number of thioether (sulfide) groups is 1. The van der Waals surface area contributed by atoms with Gasteiger partial charge in [-0.25, -0.2) is 14.6 Å². The number of aromatic nitrogens is 1. The molecule has 8 heteroatoms. The standard InChI is InChI=1S/C19H25N3O4S/c1-13(2)9-10-22(11-17-21-16(12-26-17)18(23)25-3)19(24)20-14-5-7-15(27-4)8-6-14/h5-8,12-13H,9-11H2,1-4H3,(H,20,24). The third kappa shape index (κ3) is 6.32. The van der Waals surface area contributed by atoms with Gasteiger partial charge in [-0.15, -0.1) is 11.8 Å². The van der Waals surface area contributed by atoms with Gasteiger partial charge in [0.2, 0.25) is 5.89 Å². The smallest absolute Gasteiger partial charge is 0.360 e. The van der Waals surface area contributed by atoms with Crippen molar-refractivity contribution in [2.24, 2.45) is 5.92 Å². The molecule has 0 aliphatic heterocycles. The van der Waals surface area contributed by atoms with Gasteiger partial charge in [-0.2, -0.15) is 0 Å².